The highest BCUT2D eigenvalue weighted by Crippen LogP contribution is 2.16. The van der Waals surface area contributed by atoms with Crippen molar-refractivity contribution in [3.05, 3.63) is 86.7 Å². The van der Waals surface area contributed by atoms with Gasteiger partial charge in [-0.05, 0) is 24.6 Å². The molecule has 1 heterocycles. The van der Waals surface area contributed by atoms with Crippen LogP contribution in [0.5, 0.6) is 0 Å². The topological polar surface area (TPSA) is 113 Å². The molecule has 0 amide bonds. The van der Waals surface area contributed by atoms with Gasteiger partial charge in [-0.1, -0.05) is 30.3 Å². The van der Waals surface area contributed by atoms with Crippen LogP contribution in [0.15, 0.2) is 70.6 Å². The lowest BCUT2D eigenvalue weighted by atomic mass is 10.1. The van der Waals surface area contributed by atoms with Gasteiger partial charge in [-0.25, -0.2) is 10.4 Å². The highest BCUT2D eigenvalue weighted by Gasteiger charge is 2.06. The van der Waals surface area contributed by atoms with Crippen molar-refractivity contribution in [1.29, 1.82) is 0 Å². The second-order valence-corrected chi connectivity index (χ2v) is 5.46. The summed E-state index contributed by atoms with van der Waals surface area (Å²) in [5.41, 5.74) is 5.08. The van der Waals surface area contributed by atoms with Gasteiger partial charge in [0.2, 0.25) is 5.95 Å². The number of aromatic nitrogens is 2. The quantitative estimate of drug-likeness (QED) is 0.417. The summed E-state index contributed by atoms with van der Waals surface area (Å²) in [6, 6.07) is 16.8. The Morgan fingerprint density at radius 1 is 1.15 bits per heavy atom. The summed E-state index contributed by atoms with van der Waals surface area (Å²) in [7, 11) is 0. The predicted octanol–water partition coefficient (Wildman–Crippen LogP) is 3.18. The fraction of sp³-hybridized carbons (Fsp3) is 0.0556. The molecule has 0 aliphatic rings. The molecule has 0 aliphatic carbocycles. The molecule has 130 valence electrons. The van der Waals surface area contributed by atoms with Crippen LogP contribution in [-0.2, 0) is 0 Å². The minimum atomic E-state index is -0.460. The summed E-state index contributed by atoms with van der Waals surface area (Å²) in [6.07, 6.45) is 0. The third-order valence-electron chi connectivity index (χ3n) is 3.64. The predicted molar refractivity (Wildman–Crippen MR) is 99.2 cm³/mol. The molecule has 3 rings (SSSR count). The number of nitro benzene ring substituents is 1. The molecule has 3 aromatic rings. The second-order valence-electron chi connectivity index (χ2n) is 5.46. The van der Waals surface area contributed by atoms with Gasteiger partial charge in [0.1, 0.15) is 0 Å². The maximum absolute atomic E-state index is 11.9. The van der Waals surface area contributed by atoms with Crippen LogP contribution < -0.4 is 11.0 Å². The smallest absolute Gasteiger partial charge is 0.269 e. The fourth-order valence-electron chi connectivity index (χ4n) is 2.29. The van der Waals surface area contributed by atoms with Crippen LogP contribution in [0.25, 0.3) is 11.3 Å². The van der Waals surface area contributed by atoms with Gasteiger partial charge in [-0.15, -0.1) is 0 Å². The minimum Gasteiger partial charge on any atom is -0.291 e. The van der Waals surface area contributed by atoms with Crippen LogP contribution >= 0.6 is 0 Å². The largest absolute Gasteiger partial charge is 0.291 e. The Morgan fingerprint density at radius 3 is 2.50 bits per heavy atom. The van der Waals surface area contributed by atoms with E-state index in [2.05, 4.69) is 20.5 Å². The van der Waals surface area contributed by atoms with E-state index in [-0.39, 0.29) is 17.2 Å². The summed E-state index contributed by atoms with van der Waals surface area (Å²) in [4.78, 5) is 29.0. The highest BCUT2D eigenvalue weighted by atomic mass is 16.6. The van der Waals surface area contributed by atoms with E-state index in [4.69, 9.17) is 0 Å². The van der Waals surface area contributed by atoms with E-state index >= 15 is 0 Å². The molecule has 0 fully saturated rings. The molecule has 0 bridgehead atoms. The molecule has 8 heteroatoms. The number of benzene rings is 2. The van der Waals surface area contributed by atoms with E-state index in [1.54, 1.807) is 19.1 Å². The van der Waals surface area contributed by atoms with Crippen molar-refractivity contribution in [2.75, 3.05) is 5.43 Å². The van der Waals surface area contributed by atoms with Crippen LogP contribution in [-0.4, -0.2) is 20.6 Å². The average molecular weight is 349 g/mol. The molecule has 8 nitrogen and oxygen atoms in total. The van der Waals surface area contributed by atoms with Crippen LogP contribution in [0.2, 0.25) is 0 Å². The number of hydrogen-bond donors (Lipinski definition) is 2. The van der Waals surface area contributed by atoms with Gasteiger partial charge < -0.3 is 0 Å². The van der Waals surface area contributed by atoms with Crippen molar-refractivity contribution in [2.45, 2.75) is 6.92 Å². The molecule has 2 N–H and O–H groups in total. The van der Waals surface area contributed by atoms with Crippen molar-refractivity contribution in [3.8, 4) is 11.3 Å². The highest BCUT2D eigenvalue weighted by molar-refractivity contribution is 5.99. The number of hydrazone groups is 1. The number of nitrogens with one attached hydrogen (secondary N) is 2. The molecule has 2 aromatic carbocycles. The number of H-pyrrole nitrogens is 1. The molecule has 0 atom stereocenters. The molecule has 0 radical (unpaired) electrons. The zero-order valence-electron chi connectivity index (χ0n) is 13.8. The Labute approximate surface area is 148 Å². The minimum absolute atomic E-state index is 0.0102. The second kappa shape index (κ2) is 7.39. The molecule has 0 aliphatic heterocycles. The number of nitro groups is 1. The van der Waals surface area contributed by atoms with E-state index in [0.717, 1.165) is 5.56 Å². The zero-order valence-corrected chi connectivity index (χ0v) is 13.8. The molecule has 26 heavy (non-hydrogen) atoms. The van der Waals surface area contributed by atoms with E-state index in [0.29, 0.717) is 17.0 Å². The van der Waals surface area contributed by atoms with E-state index in [1.165, 1.54) is 18.2 Å². The van der Waals surface area contributed by atoms with Crippen LogP contribution in [0, 0.1) is 10.1 Å². The van der Waals surface area contributed by atoms with Gasteiger partial charge in [-0.2, -0.15) is 5.10 Å². The Balaban J connectivity index is 1.82. The van der Waals surface area contributed by atoms with Gasteiger partial charge in [0.05, 0.1) is 16.3 Å². The summed E-state index contributed by atoms with van der Waals surface area (Å²) in [5.74, 6) is 0.206. The molecule has 0 spiro atoms. The van der Waals surface area contributed by atoms with Gasteiger partial charge in [0.15, 0.2) is 0 Å². The lowest BCUT2D eigenvalue weighted by Gasteiger charge is -2.05. The van der Waals surface area contributed by atoms with Crippen LogP contribution in [0.4, 0.5) is 11.6 Å². The Hall–Kier alpha value is -3.81. The first-order valence-electron chi connectivity index (χ1n) is 7.75. The average Bonchev–Trinajstić information content (AvgIpc) is 2.66. The van der Waals surface area contributed by atoms with Gasteiger partial charge in [-0.3, -0.25) is 19.9 Å². The number of non-ortho nitro benzene ring substituents is 1. The summed E-state index contributed by atoms with van der Waals surface area (Å²) in [6.45, 7) is 1.74. The number of nitrogens with zero attached hydrogens (tertiary/aromatic N) is 3. The molecule has 0 unspecified atom stereocenters. The Kier molecular flexibility index (Phi) is 4.84. The van der Waals surface area contributed by atoms with Crippen molar-refractivity contribution in [2.24, 2.45) is 5.10 Å². The number of aromatic amines is 1. The van der Waals surface area contributed by atoms with Crippen molar-refractivity contribution in [1.82, 2.24) is 9.97 Å². The first-order valence-corrected chi connectivity index (χ1v) is 7.75. The molecule has 0 saturated heterocycles. The third kappa shape index (κ3) is 3.99. The molecular formula is C18H15N5O3. The van der Waals surface area contributed by atoms with Gasteiger partial charge in [0.25, 0.3) is 11.2 Å². The number of hydrogen-bond acceptors (Lipinski definition) is 6. The molecule has 1 aromatic heterocycles. The first-order chi connectivity index (χ1) is 12.5. The summed E-state index contributed by atoms with van der Waals surface area (Å²) >= 11 is 0. The maximum Gasteiger partial charge on any atom is 0.269 e. The van der Waals surface area contributed by atoms with E-state index < -0.39 is 4.92 Å². The third-order valence-corrected chi connectivity index (χ3v) is 3.64. The van der Waals surface area contributed by atoms with Crippen LogP contribution in [0.1, 0.15) is 12.5 Å². The van der Waals surface area contributed by atoms with E-state index in [1.807, 2.05) is 30.3 Å². The lowest BCUT2D eigenvalue weighted by Crippen LogP contribution is -2.11. The summed E-state index contributed by atoms with van der Waals surface area (Å²) < 4.78 is 0. The van der Waals surface area contributed by atoms with Gasteiger partial charge in [0, 0.05) is 23.8 Å². The van der Waals surface area contributed by atoms with Crippen molar-refractivity contribution >= 4 is 17.3 Å². The van der Waals surface area contributed by atoms with Crippen molar-refractivity contribution < 1.29 is 4.92 Å². The van der Waals surface area contributed by atoms with Gasteiger partial charge >= 0.3 is 0 Å². The van der Waals surface area contributed by atoms with Crippen molar-refractivity contribution in [3.63, 3.8) is 0 Å². The Bertz CT molecular complexity index is 1010. The Morgan fingerprint density at radius 2 is 1.85 bits per heavy atom. The number of rotatable bonds is 5. The van der Waals surface area contributed by atoms with E-state index in [9.17, 15) is 14.9 Å². The first kappa shape index (κ1) is 17.0. The zero-order chi connectivity index (χ0) is 18.5. The van der Waals surface area contributed by atoms with Crippen LogP contribution in [0.3, 0.4) is 0 Å². The standard InChI is InChI=1S/C18H15N5O3/c1-12(13-7-9-15(10-8-13)23(25)26)21-22-18-19-16(11-17(24)20-18)14-5-3-2-4-6-14/h2-11H,1H3,(H2,19,20,22,24)/b21-12-. The maximum atomic E-state index is 11.9. The molecule has 0 saturated carbocycles. The summed E-state index contributed by atoms with van der Waals surface area (Å²) in [5, 5.41) is 14.9. The molecular weight excluding hydrogens is 334 g/mol. The lowest BCUT2D eigenvalue weighted by molar-refractivity contribution is -0.384. The fourth-order valence-corrected chi connectivity index (χ4v) is 2.29. The number of anilines is 1. The normalized spacial score (nSPS) is 11.2. The SMILES string of the molecule is C/C(=N/Nc1nc(-c2ccccc2)cc(=O)[nH]1)c1ccc([N+](=O)[O-])cc1. The monoisotopic (exact) mass is 349 g/mol.